The van der Waals surface area contributed by atoms with Crippen molar-refractivity contribution in [3.63, 3.8) is 0 Å². The molecule has 0 saturated carbocycles. The monoisotopic (exact) mass is 615 g/mol. The third-order valence-electron chi connectivity index (χ3n) is 6.97. The van der Waals surface area contributed by atoms with E-state index in [0.29, 0.717) is 43.2 Å². The average molecular weight is 617 g/mol. The minimum atomic E-state index is -0.275. The van der Waals surface area contributed by atoms with Crippen molar-refractivity contribution in [3.05, 3.63) is 136 Å². The third kappa shape index (κ3) is 9.01. The first-order valence-corrected chi connectivity index (χ1v) is 15.3. The van der Waals surface area contributed by atoms with E-state index in [-0.39, 0.29) is 16.2 Å². The summed E-state index contributed by atoms with van der Waals surface area (Å²) in [6, 6.07) is 34.8. The summed E-state index contributed by atoms with van der Waals surface area (Å²) in [5.74, 6) is 2.09. The summed E-state index contributed by atoms with van der Waals surface area (Å²) in [5.41, 5.74) is 3.87. The topological polar surface area (TPSA) is 75.4 Å². The number of pyridine rings is 1. The van der Waals surface area contributed by atoms with Crippen molar-refractivity contribution in [2.75, 3.05) is 31.6 Å². The Balaban J connectivity index is 1.16. The van der Waals surface area contributed by atoms with E-state index < -0.39 is 0 Å². The number of nitrogens with one attached hydrogen (secondary N) is 3. The van der Waals surface area contributed by atoms with E-state index in [9.17, 15) is 4.79 Å². The van der Waals surface area contributed by atoms with Crippen LogP contribution in [0.3, 0.4) is 0 Å². The highest BCUT2D eigenvalue weighted by atomic mass is 35.5. The zero-order valence-corrected chi connectivity index (χ0v) is 25.3. The molecular formula is C35H35Cl2N3O3. The van der Waals surface area contributed by atoms with Crippen LogP contribution >= 0.6 is 23.2 Å². The molecule has 1 heterocycles. The summed E-state index contributed by atoms with van der Waals surface area (Å²) in [6.07, 6.45) is 0.865. The van der Waals surface area contributed by atoms with E-state index in [1.165, 1.54) is 0 Å². The molecule has 222 valence electrons. The Morgan fingerprint density at radius 1 is 0.698 bits per heavy atom. The summed E-state index contributed by atoms with van der Waals surface area (Å²) in [4.78, 5) is 15.6. The number of anilines is 1. The number of halogens is 2. The van der Waals surface area contributed by atoms with Gasteiger partial charge in [-0.1, -0.05) is 72.8 Å². The normalized spacial score (nSPS) is 12.5. The number of hydrogen-bond donors (Lipinski definition) is 3. The van der Waals surface area contributed by atoms with Crippen molar-refractivity contribution in [2.24, 2.45) is 0 Å². The Labute approximate surface area is 262 Å². The number of rotatable bonds is 15. The highest BCUT2D eigenvalue weighted by Crippen LogP contribution is 2.28. The smallest absolute Gasteiger partial charge is 0.191 e. The molecule has 2 unspecified atom stereocenters. The van der Waals surface area contributed by atoms with E-state index in [1.807, 2.05) is 103 Å². The summed E-state index contributed by atoms with van der Waals surface area (Å²) in [5, 5.41) is 6.94. The van der Waals surface area contributed by atoms with Gasteiger partial charge in [0, 0.05) is 30.6 Å². The summed E-state index contributed by atoms with van der Waals surface area (Å²) >= 11 is 13.2. The van der Waals surface area contributed by atoms with Crippen LogP contribution < -0.4 is 25.5 Å². The lowest BCUT2D eigenvalue weighted by Crippen LogP contribution is -2.18. The molecule has 4 aromatic carbocycles. The molecule has 0 saturated heterocycles. The third-order valence-corrected chi connectivity index (χ3v) is 7.72. The molecule has 1 aromatic heterocycles. The first kappa shape index (κ1) is 30.5. The quantitative estimate of drug-likeness (QED) is 0.0826. The standard InChI is InChI=1S/C35H35Cl2N3O3/c36-31(26-10-3-1-4-11-26)23-42-28-18-25(19-29(20-28)43-24-32(37)27-12-5-2-6-13-27)22-38-16-9-17-39-35-21-34(41)30-14-7-8-15-33(30)40-35/h1-8,10-15,18-21,31-32,38H,9,16-17,22-24H2,(H2,39,40,41). The van der Waals surface area contributed by atoms with Crippen molar-refractivity contribution in [1.29, 1.82) is 0 Å². The van der Waals surface area contributed by atoms with E-state index in [4.69, 9.17) is 32.7 Å². The van der Waals surface area contributed by atoms with Crippen molar-refractivity contribution in [2.45, 2.75) is 23.7 Å². The highest BCUT2D eigenvalue weighted by Gasteiger charge is 2.12. The van der Waals surface area contributed by atoms with Crippen molar-refractivity contribution >= 4 is 39.9 Å². The molecule has 2 atom stereocenters. The van der Waals surface area contributed by atoms with Gasteiger partial charge in [-0.05, 0) is 53.9 Å². The van der Waals surface area contributed by atoms with Gasteiger partial charge in [0.2, 0.25) is 0 Å². The lowest BCUT2D eigenvalue weighted by atomic mass is 10.1. The van der Waals surface area contributed by atoms with Crippen LogP contribution in [0.4, 0.5) is 5.82 Å². The number of fused-ring (bicyclic) bond motifs is 1. The summed E-state index contributed by atoms with van der Waals surface area (Å²) < 4.78 is 12.2. The molecule has 0 bridgehead atoms. The van der Waals surface area contributed by atoms with Crippen molar-refractivity contribution < 1.29 is 9.47 Å². The Kier molecular flexibility index (Phi) is 11.0. The fourth-order valence-electron chi connectivity index (χ4n) is 4.72. The molecule has 3 N–H and O–H groups in total. The zero-order valence-electron chi connectivity index (χ0n) is 23.8. The molecule has 0 spiro atoms. The van der Waals surface area contributed by atoms with E-state index in [2.05, 4.69) is 15.6 Å². The van der Waals surface area contributed by atoms with Crippen LogP contribution in [0.25, 0.3) is 10.9 Å². The largest absolute Gasteiger partial charge is 0.492 e. The van der Waals surface area contributed by atoms with Crippen LogP contribution in [0.1, 0.15) is 33.9 Å². The average Bonchev–Trinajstić information content (AvgIpc) is 3.05. The SMILES string of the molecule is O=c1cc(NCCCNCc2cc(OCC(Cl)c3ccccc3)cc(OCC(Cl)c3ccccc3)c2)[nH]c2ccccc12. The predicted molar refractivity (Wildman–Crippen MR) is 177 cm³/mol. The van der Waals surface area contributed by atoms with Crippen LogP contribution in [0.15, 0.2) is 114 Å². The second kappa shape index (κ2) is 15.5. The van der Waals surface area contributed by atoms with Crippen LogP contribution in [0.5, 0.6) is 11.5 Å². The Morgan fingerprint density at radius 2 is 1.28 bits per heavy atom. The maximum Gasteiger partial charge on any atom is 0.191 e. The van der Waals surface area contributed by atoms with Gasteiger partial charge in [-0.3, -0.25) is 4.79 Å². The number of benzene rings is 4. The molecule has 5 aromatic rings. The van der Waals surface area contributed by atoms with Gasteiger partial charge in [-0.2, -0.15) is 0 Å². The van der Waals surface area contributed by atoms with Gasteiger partial charge in [-0.15, -0.1) is 23.2 Å². The molecule has 0 aliphatic carbocycles. The van der Waals surface area contributed by atoms with E-state index in [0.717, 1.165) is 41.0 Å². The summed E-state index contributed by atoms with van der Waals surface area (Å²) in [7, 11) is 0. The molecule has 0 amide bonds. The minimum absolute atomic E-state index is 0.00334. The fraction of sp³-hybridized carbons (Fsp3) is 0.229. The molecule has 0 aliphatic rings. The maximum atomic E-state index is 12.4. The number of hydrogen-bond acceptors (Lipinski definition) is 5. The van der Waals surface area contributed by atoms with Gasteiger partial charge in [-0.25, -0.2) is 0 Å². The highest BCUT2D eigenvalue weighted by molar-refractivity contribution is 6.21. The molecule has 6 nitrogen and oxygen atoms in total. The Morgan fingerprint density at radius 3 is 1.91 bits per heavy atom. The molecule has 0 fully saturated rings. The van der Waals surface area contributed by atoms with Crippen LogP contribution in [-0.2, 0) is 6.54 Å². The second-order valence-electron chi connectivity index (χ2n) is 10.2. The van der Waals surface area contributed by atoms with Gasteiger partial charge < -0.3 is 25.1 Å². The van der Waals surface area contributed by atoms with Crippen molar-refractivity contribution in [1.82, 2.24) is 10.3 Å². The first-order chi connectivity index (χ1) is 21.0. The van der Waals surface area contributed by atoms with Crippen LogP contribution in [0.2, 0.25) is 0 Å². The second-order valence-corrected chi connectivity index (χ2v) is 11.3. The van der Waals surface area contributed by atoms with Gasteiger partial charge in [0.1, 0.15) is 30.5 Å². The number of H-pyrrole nitrogens is 1. The molecular weight excluding hydrogens is 581 g/mol. The van der Waals surface area contributed by atoms with Crippen LogP contribution in [-0.4, -0.2) is 31.3 Å². The van der Waals surface area contributed by atoms with Gasteiger partial charge in [0.25, 0.3) is 0 Å². The van der Waals surface area contributed by atoms with Gasteiger partial charge in [0.15, 0.2) is 5.43 Å². The van der Waals surface area contributed by atoms with Crippen LogP contribution in [0, 0.1) is 0 Å². The number of aromatic amines is 1. The Bertz CT molecular complexity index is 1580. The van der Waals surface area contributed by atoms with Crippen molar-refractivity contribution in [3.8, 4) is 11.5 Å². The molecule has 43 heavy (non-hydrogen) atoms. The predicted octanol–water partition coefficient (Wildman–Crippen LogP) is 7.84. The fourth-order valence-corrected chi connectivity index (χ4v) is 5.13. The lowest BCUT2D eigenvalue weighted by molar-refractivity contribution is 0.300. The zero-order chi connectivity index (χ0) is 29.9. The van der Waals surface area contributed by atoms with E-state index in [1.54, 1.807) is 6.07 Å². The van der Waals surface area contributed by atoms with E-state index >= 15 is 0 Å². The molecule has 0 aliphatic heterocycles. The molecule has 8 heteroatoms. The summed E-state index contributed by atoms with van der Waals surface area (Å²) in [6.45, 7) is 2.78. The number of alkyl halides is 2. The number of ether oxygens (including phenoxy) is 2. The van der Waals surface area contributed by atoms with Gasteiger partial charge in [0.05, 0.1) is 16.3 Å². The maximum absolute atomic E-state index is 12.4. The lowest BCUT2D eigenvalue weighted by Gasteiger charge is -2.16. The molecule has 0 radical (unpaired) electrons. The molecule has 5 rings (SSSR count). The Hall–Kier alpha value is -3.97. The first-order valence-electron chi connectivity index (χ1n) is 14.4. The van der Waals surface area contributed by atoms with Gasteiger partial charge >= 0.3 is 0 Å². The number of para-hydroxylation sites is 1. The number of aromatic nitrogens is 1. The minimum Gasteiger partial charge on any atom is -0.492 e.